The van der Waals surface area contributed by atoms with Crippen LogP contribution in [0.1, 0.15) is 20.7 Å². The third-order valence-electron chi connectivity index (χ3n) is 3.23. The molecule has 2 aromatic carbocycles. The van der Waals surface area contributed by atoms with Gasteiger partial charge < -0.3 is 25.7 Å². The van der Waals surface area contributed by atoms with Gasteiger partial charge in [0.05, 0.1) is 6.61 Å². The molecule has 0 aliphatic rings. The number of benzene rings is 2. The Morgan fingerprint density at radius 3 is 1.73 bits per heavy atom. The van der Waals surface area contributed by atoms with Crippen LogP contribution in [0.5, 0.6) is 11.5 Å². The van der Waals surface area contributed by atoms with E-state index in [-0.39, 0.29) is 25.6 Å². The lowest BCUT2D eigenvalue weighted by atomic mass is 10.2. The van der Waals surface area contributed by atoms with E-state index >= 15 is 0 Å². The highest BCUT2D eigenvalue weighted by Crippen LogP contribution is 2.13. The van der Waals surface area contributed by atoms with Crippen molar-refractivity contribution in [2.75, 3.05) is 19.8 Å². The van der Waals surface area contributed by atoms with Gasteiger partial charge in [-0.25, -0.2) is 4.79 Å². The minimum absolute atomic E-state index is 0.174. The molecule has 2 rings (SSSR count). The predicted octanol–water partition coefficient (Wildman–Crippen LogP) is 0.885. The predicted molar refractivity (Wildman–Crippen MR) is 91.9 cm³/mol. The third-order valence-corrected chi connectivity index (χ3v) is 3.23. The van der Waals surface area contributed by atoms with Crippen LogP contribution in [0.2, 0.25) is 0 Å². The molecule has 0 spiro atoms. The van der Waals surface area contributed by atoms with Gasteiger partial charge >= 0.3 is 5.97 Å². The number of amides is 2. The molecule has 0 bridgehead atoms. The van der Waals surface area contributed by atoms with Gasteiger partial charge in [-0.2, -0.15) is 0 Å². The zero-order valence-corrected chi connectivity index (χ0v) is 13.8. The van der Waals surface area contributed by atoms with Crippen LogP contribution < -0.4 is 20.9 Å². The molecule has 0 aliphatic heterocycles. The normalized spacial score (nSPS) is 10.2. The quantitative estimate of drug-likeness (QED) is 0.389. The molecule has 0 unspecified atom stereocenters. The van der Waals surface area contributed by atoms with E-state index in [2.05, 4.69) is 0 Å². The van der Waals surface area contributed by atoms with Crippen molar-refractivity contribution < 1.29 is 28.6 Å². The fourth-order valence-electron chi connectivity index (χ4n) is 1.94. The van der Waals surface area contributed by atoms with Crippen molar-refractivity contribution in [2.24, 2.45) is 11.5 Å². The monoisotopic (exact) mass is 358 g/mol. The van der Waals surface area contributed by atoms with E-state index in [4.69, 9.17) is 25.7 Å². The van der Waals surface area contributed by atoms with Gasteiger partial charge in [0.1, 0.15) is 24.7 Å². The fraction of sp³-hybridized carbons (Fsp3) is 0.167. The molecule has 4 N–H and O–H groups in total. The zero-order chi connectivity index (χ0) is 18.9. The molecule has 0 saturated carbocycles. The van der Waals surface area contributed by atoms with Crippen molar-refractivity contribution in [2.45, 2.75) is 0 Å². The molecule has 0 aliphatic carbocycles. The van der Waals surface area contributed by atoms with Crippen LogP contribution >= 0.6 is 0 Å². The number of ether oxygens (including phenoxy) is 3. The van der Waals surface area contributed by atoms with Gasteiger partial charge in [-0.1, -0.05) is 0 Å². The molecule has 0 heterocycles. The molecular formula is C18H18N2O6. The lowest BCUT2D eigenvalue weighted by Crippen LogP contribution is -2.18. The summed E-state index contributed by atoms with van der Waals surface area (Å²) >= 11 is 0. The third kappa shape index (κ3) is 5.91. The second kappa shape index (κ2) is 9.19. The van der Waals surface area contributed by atoms with Crippen molar-refractivity contribution in [1.82, 2.24) is 0 Å². The van der Waals surface area contributed by atoms with Crippen LogP contribution in [0.4, 0.5) is 0 Å². The summed E-state index contributed by atoms with van der Waals surface area (Å²) in [4.78, 5) is 33.5. The Hall–Kier alpha value is -3.39. The van der Waals surface area contributed by atoms with Crippen molar-refractivity contribution in [3.05, 3.63) is 59.7 Å². The minimum Gasteiger partial charge on any atom is -0.491 e. The van der Waals surface area contributed by atoms with Crippen LogP contribution in [-0.2, 0) is 9.53 Å². The topological polar surface area (TPSA) is 131 Å². The Morgan fingerprint density at radius 2 is 1.23 bits per heavy atom. The number of carbonyl (C=O) groups is 3. The Labute approximate surface area is 149 Å². The van der Waals surface area contributed by atoms with E-state index < -0.39 is 17.8 Å². The van der Waals surface area contributed by atoms with Gasteiger partial charge in [-0.05, 0) is 48.5 Å². The lowest BCUT2D eigenvalue weighted by Gasteiger charge is -2.08. The number of carbonyl (C=O) groups excluding carboxylic acids is 3. The summed E-state index contributed by atoms with van der Waals surface area (Å²) in [6, 6.07) is 12.2. The van der Waals surface area contributed by atoms with Gasteiger partial charge in [0.2, 0.25) is 11.8 Å². The Kier molecular flexibility index (Phi) is 6.69. The number of hydrogen-bond donors (Lipinski definition) is 2. The van der Waals surface area contributed by atoms with Crippen molar-refractivity contribution in [3.8, 4) is 11.5 Å². The SMILES string of the molecule is NC(=O)c1ccc(OCCOCC(=O)Oc2ccc(C(N)=O)cc2)cc1. The van der Waals surface area contributed by atoms with Crippen LogP contribution in [0.3, 0.4) is 0 Å². The number of hydrogen-bond acceptors (Lipinski definition) is 6. The first-order valence-corrected chi connectivity index (χ1v) is 7.66. The molecule has 2 aromatic rings. The second-order valence-electron chi connectivity index (χ2n) is 5.15. The maximum atomic E-state index is 11.6. The second-order valence-corrected chi connectivity index (χ2v) is 5.15. The van der Waals surface area contributed by atoms with Crippen molar-refractivity contribution in [3.63, 3.8) is 0 Å². The Balaban J connectivity index is 1.65. The minimum atomic E-state index is -0.581. The van der Waals surface area contributed by atoms with E-state index in [0.717, 1.165) is 0 Å². The molecule has 26 heavy (non-hydrogen) atoms. The van der Waals surface area contributed by atoms with Gasteiger partial charge in [0, 0.05) is 11.1 Å². The highest BCUT2D eigenvalue weighted by molar-refractivity contribution is 5.93. The average Bonchev–Trinajstić information content (AvgIpc) is 2.62. The standard InChI is InChI=1S/C18H18N2O6/c19-17(22)12-1-5-14(6-2-12)25-10-9-24-11-16(21)26-15-7-3-13(4-8-15)18(20)23/h1-8H,9-11H2,(H2,19,22)(H2,20,23). The number of rotatable bonds is 9. The molecular weight excluding hydrogens is 340 g/mol. The van der Waals surface area contributed by atoms with E-state index in [1.165, 1.54) is 24.3 Å². The Bertz CT molecular complexity index is 771. The first-order valence-electron chi connectivity index (χ1n) is 7.66. The number of esters is 1. The van der Waals surface area contributed by atoms with E-state index in [0.29, 0.717) is 16.9 Å². The van der Waals surface area contributed by atoms with E-state index in [1.807, 2.05) is 0 Å². The highest BCUT2D eigenvalue weighted by Gasteiger charge is 2.07. The van der Waals surface area contributed by atoms with Gasteiger partial charge in [0.15, 0.2) is 0 Å². The molecule has 0 radical (unpaired) electrons. The van der Waals surface area contributed by atoms with Crippen molar-refractivity contribution in [1.29, 1.82) is 0 Å². The van der Waals surface area contributed by atoms with E-state index in [9.17, 15) is 14.4 Å². The molecule has 136 valence electrons. The maximum Gasteiger partial charge on any atom is 0.337 e. The smallest absolute Gasteiger partial charge is 0.337 e. The molecule has 2 amide bonds. The average molecular weight is 358 g/mol. The lowest BCUT2D eigenvalue weighted by molar-refractivity contribution is -0.139. The van der Waals surface area contributed by atoms with Crippen LogP contribution in [0, 0.1) is 0 Å². The van der Waals surface area contributed by atoms with Crippen LogP contribution in [0.15, 0.2) is 48.5 Å². The van der Waals surface area contributed by atoms with Gasteiger partial charge in [-0.3, -0.25) is 9.59 Å². The first-order chi connectivity index (χ1) is 12.5. The molecule has 8 heteroatoms. The summed E-state index contributed by atoms with van der Waals surface area (Å²) in [5.41, 5.74) is 11.0. The summed E-state index contributed by atoms with van der Waals surface area (Å²) in [7, 11) is 0. The van der Waals surface area contributed by atoms with E-state index in [1.54, 1.807) is 24.3 Å². The summed E-state index contributed by atoms with van der Waals surface area (Å²) in [5.74, 6) is -0.814. The highest BCUT2D eigenvalue weighted by atomic mass is 16.6. The number of primary amides is 2. The molecule has 0 fully saturated rings. The number of nitrogens with two attached hydrogens (primary N) is 2. The maximum absolute atomic E-state index is 11.6. The molecule has 0 aromatic heterocycles. The van der Waals surface area contributed by atoms with Crippen LogP contribution in [0.25, 0.3) is 0 Å². The van der Waals surface area contributed by atoms with Crippen molar-refractivity contribution >= 4 is 17.8 Å². The van der Waals surface area contributed by atoms with Crippen LogP contribution in [-0.4, -0.2) is 37.6 Å². The first kappa shape index (κ1) is 18.9. The zero-order valence-electron chi connectivity index (χ0n) is 13.8. The van der Waals surface area contributed by atoms with Gasteiger partial charge in [0.25, 0.3) is 0 Å². The molecule has 0 saturated heterocycles. The van der Waals surface area contributed by atoms with Gasteiger partial charge in [-0.15, -0.1) is 0 Å². The summed E-state index contributed by atoms with van der Waals surface area (Å²) < 4.78 is 15.6. The Morgan fingerprint density at radius 1 is 0.731 bits per heavy atom. The molecule has 0 atom stereocenters. The molecule has 8 nitrogen and oxygen atoms in total. The summed E-state index contributed by atoms with van der Waals surface area (Å²) in [6.45, 7) is 0.144. The fourth-order valence-corrected chi connectivity index (χ4v) is 1.94. The summed E-state index contributed by atoms with van der Waals surface area (Å²) in [6.07, 6.45) is 0. The largest absolute Gasteiger partial charge is 0.491 e. The summed E-state index contributed by atoms with van der Waals surface area (Å²) in [5, 5.41) is 0.